The molecular weight excluding hydrogens is 264 g/mol. The van der Waals surface area contributed by atoms with E-state index in [1.807, 2.05) is 0 Å². The highest BCUT2D eigenvalue weighted by atomic mass is 16.6. The van der Waals surface area contributed by atoms with Gasteiger partial charge in [0, 0.05) is 35.7 Å². The number of aliphatic carboxylic acids is 1. The van der Waals surface area contributed by atoms with E-state index < -0.39 is 10.9 Å². The Morgan fingerprint density at radius 1 is 1.25 bits per heavy atom. The highest BCUT2D eigenvalue weighted by Crippen LogP contribution is 2.22. The number of carboxylic acid groups (broad SMARTS) is 1. The topological polar surface area (TPSA) is 102 Å². The summed E-state index contributed by atoms with van der Waals surface area (Å²) in [7, 11) is 0. The van der Waals surface area contributed by atoms with Crippen molar-refractivity contribution in [3.8, 4) is 0 Å². The fraction of sp³-hybridized carbons (Fsp3) is 0.231. The maximum Gasteiger partial charge on any atom is 0.303 e. The number of carboxylic acids is 1. The molecular formula is C13H12N2O5. The van der Waals surface area contributed by atoms with E-state index in [0.29, 0.717) is 10.9 Å². The first-order valence-corrected chi connectivity index (χ1v) is 5.94. The summed E-state index contributed by atoms with van der Waals surface area (Å²) >= 11 is 0. The molecule has 0 aliphatic rings. The number of hydrogen-bond donors (Lipinski definition) is 1. The van der Waals surface area contributed by atoms with Crippen LogP contribution in [0.3, 0.4) is 0 Å². The van der Waals surface area contributed by atoms with Gasteiger partial charge in [-0.3, -0.25) is 19.7 Å². The Bertz CT molecular complexity index is 689. The van der Waals surface area contributed by atoms with Crippen molar-refractivity contribution in [3.05, 3.63) is 40.6 Å². The van der Waals surface area contributed by atoms with Crippen LogP contribution in [0.25, 0.3) is 10.9 Å². The van der Waals surface area contributed by atoms with Gasteiger partial charge in [-0.25, -0.2) is 0 Å². The molecule has 7 heteroatoms. The minimum Gasteiger partial charge on any atom is -0.481 e. The third kappa shape index (κ3) is 3.00. The first-order chi connectivity index (χ1) is 9.47. The Balaban J connectivity index is 2.17. The van der Waals surface area contributed by atoms with Crippen molar-refractivity contribution in [2.24, 2.45) is 0 Å². The molecule has 0 radical (unpaired) electrons. The number of hydrogen-bond acceptors (Lipinski definition) is 4. The van der Waals surface area contributed by atoms with Gasteiger partial charge < -0.3 is 9.67 Å². The number of ketones is 1. The standard InChI is InChI=1S/C13H12N2O5/c16-11(2-4-13(17)18)8-14-6-5-9-7-10(15(19)20)1-3-12(9)14/h1,3,5-7H,2,4,8H2,(H,17,18). The van der Waals surface area contributed by atoms with Gasteiger partial charge in [0.1, 0.15) is 0 Å². The summed E-state index contributed by atoms with van der Waals surface area (Å²) in [5.74, 6) is -1.20. The molecule has 0 amide bonds. The number of fused-ring (bicyclic) bond motifs is 1. The first kappa shape index (κ1) is 13.7. The van der Waals surface area contributed by atoms with Crippen molar-refractivity contribution in [1.82, 2.24) is 4.57 Å². The SMILES string of the molecule is O=C(O)CCC(=O)Cn1ccc2cc([N+](=O)[O-])ccc21. The van der Waals surface area contributed by atoms with Gasteiger partial charge >= 0.3 is 5.97 Å². The van der Waals surface area contributed by atoms with Crippen LogP contribution in [0.5, 0.6) is 0 Å². The minimum atomic E-state index is -1.01. The van der Waals surface area contributed by atoms with Gasteiger partial charge in [0.25, 0.3) is 5.69 Å². The summed E-state index contributed by atoms with van der Waals surface area (Å²) in [5, 5.41) is 19.9. The lowest BCUT2D eigenvalue weighted by Gasteiger charge is -2.04. The maximum absolute atomic E-state index is 11.6. The monoisotopic (exact) mass is 276 g/mol. The average molecular weight is 276 g/mol. The normalized spacial score (nSPS) is 10.6. The van der Waals surface area contributed by atoms with Crippen LogP contribution in [-0.4, -0.2) is 26.3 Å². The van der Waals surface area contributed by atoms with Crippen LogP contribution in [0.1, 0.15) is 12.8 Å². The molecule has 0 spiro atoms. The molecule has 2 aromatic rings. The molecule has 1 aromatic carbocycles. The Labute approximate surface area is 113 Å². The van der Waals surface area contributed by atoms with Crippen LogP contribution >= 0.6 is 0 Å². The van der Waals surface area contributed by atoms with Crippen molar-refractivity contribution >= 4 is 28.3 Å². The summed E-state index contributed by atoms with van der Waals surface area (Å²) in [6.07, 6.45) is 1.44. The molecule has 1 aromatic heterocycles. The van der Waals surface area contributed by atoms with Gasteiger partial charge in [-0.05, 0) is 12.1 Å². The molecule has 1 heterocycles. The van der Waals surface area contributed by atoms with Crippen molar-refractivity contribution in [1.29, 1.82) is 0 Å². The Morgan fingerprint density at radius 2 is 2.00 bits per heavy atom. The van der Waals surface area contributed by atoms with Crippen molar-refractivity contribution < 1.29 is 19.6 Å². The molecule has 2 rings (SSSR count). The zero-order valence-electron chi connectivity index (χ0n) is 10.5. The van der Waals surface area contributed by atoms with E-state index in [2.05, 4.69) is 0 Å². The lowest BCUT2D eigenvalue weighted by Crippen LogP contribution is -2.10. The fourth-order valence-electron chi connectivity index (χ4n) is 1.95. The number of aromatic nitrogens is 1. The van der Waals surface area contributed by atoms with E-state index in [4.69, 9.17) is 5.11 Å². The largest absolute Gasteiger partial charge is 0.481 e. The predicted octanol–water partition coefficient (Wildman–Crippen LogP) is 1.98. The number of non-ortho nitro benzene ring substituents is 1. The number of nitro groups is 1. The van der Waals surface area contributed by atoms with Gasteiger partial charge in [0.05, 0.1) is 17.9 Å². The molecule has 0 aliphatic heterocycles. The summed E-state index contributed by atoms with van der Waals surface area (Å²) in [6, 6.07) is 6.08. The molecule has 7 nitrogen and oxygen atoms in total. The second kappa shape index (κ2) is 5.52. The second-order valence-electron chi connectivity index (χ2n) is 4.38. The van der Waals surface area contributed by atoms with Crippen LogP contribution in [0.15, 0.2) is 30.5 Å². The molecule has 0 fully saturated rings. The van der Waals surface area contributed by atoms with Crippen molar-refractivity contribution in [2.45, 2.75) is 19.4 Å². The van der Waals surface area contributed by atoms with Gasteiger partial charge in [-0.2, -0.15) is 0 Å². The number of nitrogens with zero attached hydrogens (tertiary/aromatic N) is 2. The van der Waals surface area contributed by atoms with E-state index in [9.17, 15) is 19.7 Å². The van der Waals surface area contributed by atoms with Crippen LogP contribution in [0.4, 0.5) is 5.69 Å². The Morgan fingerprint density at radius 3 is 2.65 bits per heavy atom. The summed E-state index contributed by atoms with van der Waals surface area (Å²) in [6.45, 7) is 0.0641. The number of nitro benzene ring substituents is 1. The summed E-state index contributed by atoms with van der Waals surface area (Å²) in [5.41, 5.74) is 0.701. The first-order valence-electron chi connectivity index (χ1n) is 5.94. The van der Waals surface area contributed by atoms with Crippen LogP contribution in [0.2, 0.25) is 0 Å². The van der Waals surface area contributed by atoms with E-state index in [0.717, 1.165) is 0 Å². The number of benzene rings is 1. The molecule has 0 unspecified atom stereocenters. The molecule has 0 atom stereocenters. The molecule has 0 aliphatic carbocycles. The second-order valence-corrected chi connectivity index (χ2v) is 4.38. The number of carbonyl (C=O) groups is 2. The van der Waals surface area contributed by atoms with Crippen LogP contribution in [-0.2, 0) is 16.1 Å². The van der Waals surface area contributed by atoms with E-state index >= 15 is 0 Å². The molecule has 0 bridgehead atoms. The zero-order valence-corrected chi connectivity index (χ0v) is 10.5. The molecule has 1 N–H and O–H groups in total. The fourth-order valence-corrected chi connectivity index (χ4v) is 1.95. The predicted molar refractivity (Wildman–Crippen MR) is 70.5 cm³/mol. The van der Waals surface area contributed by atoms with Crippen LogP contribution in [0, 0.1) is 10.1 Å². The Hall–Kier alpha value is -2.70. The lowest BCUT2D eigenvalue weighted by atomic mass is 10.2. The summed E-state index contributed by atoms with van der Waals surface area (Å²) in [4.78, 5) is 32.2. The Kier molecular flexibility index (Phi) is 3.79. The van der Waals surface area contributed by atoms with Crippen molar-refractivity contribution in [3.63, 3.8) is 0 Å². The van der Waals surface area contributed by atoms with Gasteiger partial charge in [-0.1, -0.05) is 0 Å². The quantitative estimate of drug-likeness (QED) is 0.642. The zero-order chi connectivity index (χ0) is 14.7. The average Bonchev–Trinajstić information content (AvgIpc) is 2.79. The van der Waals surface area contributed by atoms with Gasteiger partial charge in [0.2, 0.25) is 0 Å². The smallest absolute Gasteiger partial charge is 0.303 e. The van der Waals surface area contributed by atoms with E-state index in [1.165, 1.54) is 12.1 Å². The van der Waals surface area contributed by atoms with Gasteiger partial charge in [0.15, 0.2) is 5.78 Å². The third-order valence-corrected chi connectivity index (χ3v) is 2.93. The number of Topliss-reactive ketones (excluding diaryl/α,β-unsaturated/α-hetero) is 1. The van der Waals surface area contributed by atoms with Crippen molar-refractivity contribution in [2.75, 3.05) is 0 Å². The summed E-state index contributed by atoms with van der Waals surface area (Å²) < 4.78 is 1.66. The molecule has 0 saturated carbocycles. The number of rotatable bonds is 6. The molecule has 104 valence electrons. The third-order valence-electron chi connectivity index (χ3n) is 2.93. The highest BCUT2D eigenvalue weighted by Gasteiger charge is 2.11. The number of carbonyl (C=O) groups excluding carboxylic acids is 1. The maximum atomic E-state index is 11.6. The molecule has 20 heavy (non-hydrogen) atoms. The van der Waals surface area contributed by atoms with E-state index in [1.54, 1.807) is 22.9 Å². The molecule has 0 saturated heterocycles. The lowest BCUT2D eigenvalue weighted by molar-refractivity contribution is -0.384. The minimum absolute atomic E-state index is 0.00699. The van der Waals surface area contributed by atoms with Gasteiger partial charge in [-0.15, -0.1) is 0 Å². The highest BCUT2D eigenvalue weighted by molar-refractivity contribution is 5.86. The van der Waals surface area contributed by atoms with E-state index in [-0.39, 0.29) is 30.9 Å². The van der Waals surface area contributed by atoms with Crippen LogP contribution < -0.4 is 0 Å².